The lowest BCUT2D eigenvalue weighted by Crippen LogP contribution is -2.37. The molecule has 0 amide bonds. The second-order valence-corrected chi connectivity index (χ2v) is 10.7. The van der Waals surface area contributed by atoms with Crippen molar-refractivity contribution in [2.45, 2.75) is 96.8 Å². The van der Waals surface area contributed by atoms with Crippen molar-refractivity contribution in [3.05, 3.63) is 0 Å². The van der Waals surface area contributed by atoms with Crippen LogP contribution >= 0.6 is 7.82 Å². The number of hydrogen-bond acceptors (Lipinski definition) is 5. The van der Waals surface area contributed by atoms with Gasteiger partial charge in [-0.25, -0.2) is 0 Å². The number of unbranched alkanes of at least 4 members (excludes halogenated alkanes) is 13. The molecule has 0 aromatic carbocycles. The quantitative estimate of drug-likeness (QED) is 0.113. The highest BCUT2D eigenvalue weighted by Crippen LogP contribution is 2.37. The average molecular weight is 452 g/mol. The maximum absolute atomic E-state index is 11.6. The summed E-state index contributed by atoms with van der Waals surface area (Å²) in [6.45, 7) is 3.96. The van der Waals surface area contributed by atoms with Gasteiger partial charge in [0.05, 0.1) is 34.4 Å². The number of ether oxygens (including phenoxy) is 1. The molecule has 0 aromatic rings. The molecule has 0 radical (unpaired) electrons. The van der Waals surface area contributed by atoms with Gasteiger partial charge >= 0.3 is 0 Å². The normalized spacial score (nSPS) is 14.2. The number of quaternary nitrogens is 1. The van der Waals surface area contributed by atoms with Crippen LogP contribution in [0.15, 0.2) is 0 Å². The van der Waals surface area contributed by atoms with E-state index in [-0.39, 0.29) is 19.8 Å². The first-order valence-corrected chi connectivity index (χ1v) is 13.7. The molecule has 0 aliphatic rings. The van der Waals surface area contributed by atoms with E-state index in [1.807, 2.05) is 21.1 Å². The van der Waals surface area contributed by atoms with Gasteiger partial charge in [0.1, 0.15) is 13.2 Å². The van der Waals surface area contributed by atoms with E-state index < -0.39 is 7.82 Å². The largest absolute Gasteiger partial charge is 0.756 e. The van der Waals surface area contributed by atoms with E-state index >= 15 is 0 Å². The first kappa shape index (κ1) is 30.0. The molecule has 0 spiro atoms. The van der Waals surface area contributed by atoms with E-state index in [2.05, 4.69) is 6.92 Å². The van der Waals surface area contributed by atoms with Gasteiger partial charge in [-0.2, -0.15) is 0 Å². The predicted octanol–water partition coefficient (Wildman–Crippen LogP) is 5.69. The van der Waals surface area contributed by atoms with Crippen LogP contribution in [0.25, 0.3) is 0 Å². The topological polar surface area (TPSA) is 67.8 Å². The zero-order chi connectivity index (χ0) is 22.6. The predicted molar refractivity (Wildman–Crippen MR) is 124 cm³/mol. The fraction of sp³-hybridized carbons (Fsp3) is 1.00. The SMILES string of the molecule is CCCCCCCCCCCCCCCCOCCOP(=O)([O-])OCC[N+](C)(C)C. The first-order chi connectivity index (χ1) is 14.3. The molecule has 0 aliphatic carbocycles. The fourth-order valence-corrected chi connectivity index (χ4v) is 3.85. The smallest absolute Gasteiger partial charge is 0.268 e. The molecule has 0 heterocycles. The van der Waals surface area contributed by atoms with Crippen molar-refractivity contribution >= 4 is 7.82 Å². The van der Waals surface area contributed by atoms with Gasteiger partial charge in [0.2, 0.25) is 0 Å². The minimum absolute atomic E-state index is 0.0176. The summed E-state index contributed by atoms with van der Waals surface area (Å²) in [6.07, 6.45) is 18.7. The Morgan fingerprint density at radius 2 is 1.07 bits per heavy atom. The minimum atomic E-state index is -4.21. The van der Waals surface area contributed by atoms with Crippen LogP contribution < -0.4 is 4.89 Å². The minimum Gasteiger partial charge on any atom is -0.756 e. The van der Waals surface area contributed by atoms with Crippen LogP contribution in [0.4, 0.5) is 0 Å². The van der Waals surface area contributed by atoms with Crippen LogP contribution in [0.1, 0.15) is 96.8 Å². The second kappa shape index (κ2) is 19.7. The lowest BCUT2D eigenvalue weighted by atomic mass is 10.0. The molecule has 0 rings (SSSR count). The highest BCUT2D eigenvalue weighted by atomic mass is 31.2. The Hall–Kier alpha value is 0.0300. The van der Waals surface area contributed by atoms with Crippen molar-refractivity contribution in [3.8, 4) is 0 Å². The van der Waals surface area contributed by atoms with E-state index in [0.717, 1.165) is 6.42 Å². The number of likely N-dealkylation sites (N-methyl/N-ethyl adjacent to an activating group) is 1. The van der Waals surface area contributed by atoms with E-state index in [1.165, 1.54) is 83.5 Å². The summed E-state index contributed by atoms with van der Waals surface area (Å²) in [6, 6.07) is 0. The van der Waals surface area contributed by atoms with Crippen molar-refractivity contribution in [2.24, 2.45) is 0 Å². The number of nitrogens with zero attached hydrogens (tertiary/aromatic N) is 1. The zero-order valence-corrected chi connectivity index (χ0v) is 21.3. The highest BCUT2D eigenvalue weighted by molar-refractivity contribution is 7.45. The van der Waals surface area contributed by atoms with Crippen molar-refractivity contribution < 1.29 is 27.7 Å². The number of phosphoric acid groups is 1. The van der Waals surface area contributed by atoms with Crippen LogP contribution in [0.5, 0.6) is 0 Å². The third-order valence-electron chi connectivity index (χ3n) is 5.13. The Kier molecular flexibility index (Phi) is 19.7. The first-order valence-electron chi connectivity index (χ1n) is 12.2. The molecule has 6 nitrogen and oxygen atoms in total. The molecule has 0 aliphatic heterocycles. The van der Waals surface area contributed by atoms with Gasteiger partial charge in [-0.3, -0.25) is 4.57 Å². The van der Waals surface area contributed by atoms with Crippen molar-refractivity contribution in [2.75, 3.05) is 54.1 Å². The van der Waals surface area contributed by atoms with Gasteiger partial charge in [-0.1, -0.05) is 90.4 Å². The van der Waals surface area contributed by atoms with Crippen LogP contribution in [-0.4, -0.2) is 58.6 Å². The molecule has 1 atom stereocenters. The van der Waals surface area contributed by atoms with Crippen LogP contribution in [0.3, 0.4) is 0 Å². The maximum atomic E-state index is 11.6. The van der Waals surface area contributed by atoms with Crippen LogP contribution in [0.2, 0.25) is 0 Å². The summed E-state index contributed by atoms with van der Waals surface area (Å²) in [7, 11) is 1.72. The monoisotopic (exact) mass is 451 g/mol. The van der Waals surface area contributed by atoms with Gasteiger partial charge < -0.3 is 23.2 Å². The maximum Gasteiger partial charge on any atom is 0.268 e. The standard InChI is InChI=1S/C23H50NO5P/c1-5-6-7-8-9-10-11-12-13-14-15-16-17-18-20-27-22-23-29-30(25,26)28-21-19-24(2,3)4/h5-23H2,1-4H3. The number of phosphoric ester groups is 1. The van der Waals surface area contributed by atoms with Gasteiger partial charge in [0, 0.05) is 6.61 Å². The zero-order valence-electron chi connectivity index (χ0n) is 20.4. The van der Waals surface area contributed by atoms with Gasteiger partial charge in [-0.05, 0) is 6.42 Å². The lowest BCUT2D eigenvalue weighted by molar-refractivity contribution is -0.870. The van der Waals surface area contributed by atoms with Gasteiger partial charge in [0.25, 0.3) is 7.82 Å². The Morgan fingerprint density at radius 3 is 1.53 bits per heavy atom. The van der Waals surface area contributed by atoms with E-state index in [1.54, 1.807) is 0 Å². The Morgan fingerprint density at radius 1 is 0.633 bits per heavy atom. The average Bonchev–Trinajstić information content (AvgIpc) is 2.65. The summed E-state index contributed by atoms with van der Waals surface area (Å²) in [5.41, 5.74) is 0. The summed E-state index contributed by atoms with van der Waals surface area (Å²) in [4.78, 5) is 11.6. The molecule has 0 aromatic heterocycles. The van der Waals surface area contributed by atoms with Gasteiger partial charge in [-0.15, -0.1) is 0 Å². The summed E-state index contributed by atoms with van der Waals surface area (Å²) < 4.78 is 27.4. The van der Waals surface area contributed by atoms with Crippen LogP contribution in [-0.2, 0) is 18.3 Å². The molecule has 0 N–H and O–H groups in total. The molecule has 182 valence electrons. The Labute approximate surface area is 186 Å². The second-order valence-electron chi connectivity index (χ2n) is 9.34. The Bertz CT molecular complexity index is 415. The number of rotatable bonds is 23. The van der Waals surface area contributed by atoms with E-state index in [9.17, 15) is 9.46 Å². The van der Waals surface area contributed by atoms with Crippen LogP contribution in [0, 0.1) is 0 Å². The third kappa shape index (κ3) is 24.3. The third-order valence-corrected chi connectivity index (χ3v) is 6.13. The fourth-order valence-electron chi connectivity index (χ4n) is 3.17. The van der Waals surface area contributed by atoms with Crippen molar-refractivity contribution in [3.63, 3.8) is 0 Å². The van der Waals surface area contributed by atoms with Gasteiger partial charge in [0.15, 0.2) is 0 Å². The number of hydrogen-bond donors (Lipinski definition) is 0. The molecule has 0 fully saturated rings. The Balaban J connectivity index is 3.26. The summed E-state index contributed by atoms with van der Waals surface area (Å²) in [5, 5.41) is 0. The van der Waals surface area contributed by atoms with Crippen molar-refractivity contribution in [1.29, 1.82) is 0 Å². The molecule has 0 saturated heterocycles. The molecule has 0 bridgehead atoms. The summed E-state index contributed by atoms with van der Waals surface area (Å²) >= 11 is 0. The molecular formula is C23H50NO5P. The highest BCUT2D eigenvalue weighted by Gasteiger charge is 2.13. The van der Waals surface area contributed by atoms with E-state index in [0.29, 0.717) is 17.6 Å². The summed E-state index contributed by atoms with van der Waals surface area (Å²) in [5.74, 6) is 0. The molecular weight excluding hydrogens is 401 g/mol. The van der Waals surface area contributed by atoms with E-state index in [4.69, 9.17) is 13.8 Å². The molecule has 7 heteroatoms. The molecule has 0 saturated carbocycles. The lowest BCUT2D eigenvalue weighted by Gasteiger charge is -2.27. The molecule has 1 unspecified atom stereocenters. The molecule has 30 heavy (non-hydrogen) atoms. The van der Waals surface area contributed by atoms with Crippen molar-refractivity contribution in [1.82, 2.24) is 0 Å².